The van der Waals surface area contributed by atoms with E-state index in [2.05, 4.69) is 99.8 Å². The van der Waals surface area contributed by atoms with E-state index >= 15 is 0 Å². The Hall–Kier alpha value is -3.41. The minimum atomic E-state index is -0.813. The highest BCUT2D eigenvalue weighted by Crippen LogP contribution is 2.16. The van der Waals surface area contributed by atoms with E-state index in [9.17, 15) is 14.4 Å². The number of hydrogen-bond acceptors (Lipinski definition) is 6. The highest BCUT2D eigenvalue weighted by molar-refractivity contribution is 5.71. The summed E-state index contributed by atoms with van der Waals surface area (Å²) in [6.07, 6.45) is 77.5. The lowest BCUT2D eigenvalue weighted by molar-refractivity contribution is -0.166. The highest BCUT2D eigenvalue weighted by Gasteiger charge is 2.19. The van der Waals surface area contributed by atoms with Crippen molar-refractivity contribution in [1.29, 1.82) is 0 Å². The van der Waals surface area contributed by atoms with Crippen molar-refractivity contribution in [3.8, 4) is 0 Å². The molecule has 0 N–H and O–H groups in total. The Bertz CT molecular complexity index is 1370. The van der Waals surface area contributed by atoms with Crippen molar-refractivity contribution in [1.82, 2.24) is 0 Å². The lowest BCUT2D eigenvalue weighted by atomic mass is 10.0. The molecule has 0 radical (unpaired) electrons. The zero-order chi connectivity index (χ0) is 51.4. The first-order chi connectivity index (χ1) is 35.0. The second-order valence-corrected chi connectivity index (χ2v) is 19.9. The summed E-state index contributed by atoms with van der Waals surface area (Å²) in [6.45, 7) is 6.44. The minimum absolute atomic E-state index is 0.104. The van der Waals surface area contributed by atoms with Crippen LogP contribution in [0.5, 0.6) is 0 Å². The number of unbranched alkanes of at least 4 members (excludes halogenated alkanes) is 29. The first-order valence-electron chi connectivity index (χ1n) is 30.1. The third kappa shape index (κ3) is 57.4. The number of rotatable bonds is 54. The molecule has 0 aromatic heterocycles. The SMILES string of the molecule is CC/C=C\C/C=C\C/C=C\C/C=C\CCC(=O)OCC(COC(=O)CCCCCCCCCCCCCCC/C=C\CCCCCCCCCC)OC(=O)CCCCCCC/C=C\C/C=C\CCCCC. The van der Waals surface area contributed by atoms with Crippen LogP contribution in [0.25, 0.3) is 0 Å². The number of ether oxygens (including phenoxy) is 3. The zero-order valence-electron chi connectivity index (χ0n) is 46.7. The normalized spacial score (nSPS) is 12.7. The first kappa shape index (κ1) is 67.6. The van der Waals surface area contributed by atoms with Gasteiger partial charge >= 0.3 is 17.9 Å². The number of carbonyl (C=O) groups is 3. The van der Waals surface area contributed by atoms with Gasteiger partial charge in [0.05, 0.1) is 0 Å². The minimum Gasteiger partial charge on any atom is -0.462 e. The van der Waals surface area contributed by atoms with Gasteiger partial charge < -0.3 is 14.2 Å². The Kier molecular flexibility index (Phi) is 56.3. The van der Waals surface area contributed by atoms with Gasteiger partial charge in [0.15, 0.2) is 6.10 Å². The van der Waals surface area contributed by atoms with Gasteiger partial charge in [0.25, 0.3) is 0 Å². The van der Waals surface area contributed by atoms with Gasteiger partial charge in [0.1, 0.15) is 13.2 Å². The molecule has 0 bridgehead atoms. The van der Waals surface area contributed by atoms with Crippen LogP contribution in [0.3, 0.4) is 0 Å². The summed E-state index contributed by atoms with van der Waals surface area (Å²) in [4.78, 5) is 38.1. The Morgan fingerprint density at radius 2 is 0.577 bits per heavy atom. The second kappa shape index (κ2) is 59.2. The number of carbonyl (C=O) groups excluding carboxylic acids is 3. The van der Waals surface area contributed by atoms with Crippen LogP contribution < -0.4 is 0 Å². The van der Waals surface area contributed by atoms with Crippen LogP contribution in [0.15, 0.2) is 85.1 Å². The molecule has 6 heteroatoms. The zero-order valence-corrected chi connectivity index (χ0v) is 46.7. The summed E-state index contributed by atoms with van der Waals surface area (Å²) in [5.41, 5.74) is 0. The molecule has 0 aromatic rings. The van der Waals surface area contributed by atoms with Crippen molar-refractivity contribution in [3.05, 3.63) is 85.1 Å². The van der Waals surface area contributed by atoms with Crippen molar-refractivity contribution < 1.29 is 28.6 Å². The van der Waals surface area contributed by atoms with E-state index < -0.39 is 6.10 Å². The maximum Gasteiger partial charge on any atom is 0.306 e. The third-order valence-electron chi connectivity index (χ3n) is 12.9. The third-order valence-corrected chi connectivity index (χ3v) is 12.9. The smallest absolute Gasteiger partial charge is 0.306 e. The van der Waals surface area contributed by atoms with Crippen molar-refractivity contribution >= 4 is 17.9 Å². The van der Waals surface area contributed by atoms with Gasteiger partial charge in [-0.15, -0.1) is 0 Å². The van der Waals surface area contributed by atoms with Crippen molar-refractivity contribution in [2.45, 2.75) is 297 Å². The number of hydrogen-bond donors (Lipinski definition) is 0. The molecule has 0 saturated carbocycles. The lowest BCUT2D eigenvalue weighted by Gasteiger charge is -2.18. The molecule has 0 aliphatic carbocycles. The Morgan fingerprint density at radius 3 is 0.986 bits per heavy atom. The summed E-state index contributed by atoms with van der Waals surface area (Å²) < 4.78 is 16.8. The quantitative estimate of drug-likeness (QED) is 0.0261. The van der Waals surface area contributed by atoms with Gasteiger partial charge in [-0.05, 0) is 103 Å². The van der Waals surface area contributed by atoms with E-state index in [-0.39, 0.29) is 37.5 Å². The van der Waals surface area contributed by atoms with E-state index in [4.69, 9.17) is 14.2 Å². The van der Waals surface area contributed by atoms with Crippen molar-refractivity contribution in [2.24, 2.45) is 0 Å². The second-order valence-electron chi connectivity index (χ2n) is 19.9. The molecular weight excluding hydrogens is 877 g/mol. The van der Waals surface area contributed by atoms with Crippen LogP contribution in [-0.4, -0.2) is 37.2 Å². The molecule has 0 rings (SSSR count). The molecule has 0 fully saturated rings. The average molecular weight is 990 g/mol. The van der Waals surface area contributed by atoms with Gasteiger partial charge in [-0.2, -0.15) is 0 Å². The molecule has 0 aromatic carbocycles. The lowest BCUT2D eigenvalue weighted by Crippen LogP contribution is -2.30. The van der Waals surface area contributed by atoms with E-state index in [0.29, 0.717) is 19.3 Å². The fraction of sp³-hybridized carbons (Fsp3) is 0.738. The number of esters is 3. The molecule has 0 saturated heterocycles. The molecule has 408 valence electrons. The molecule has 1 atom stereocenters. The van der Waals surface area contributed by atoms with E-state index in [0.717, 1.165) is 89.9 Å². The number of allylic oxidation sites excluding steroid dienone is 14. The van der Waals surface area contributed by atoms with E-state index in [1.54, 1.807) is 0 Å². The first-order valence-corrected chi connectivity index (χ1v) is 30.1. The van der Waals surface area contributed by atoms with Crippen molar-refractivity contribution in [2.75, 3.05) is 13.2 Å². The predicted octanol–water partition coefficient (Wildman–Crippen LogP) is 20.3. The van der Waals surface area contributed by atoms with Crippen LogP contribution >= 0.6 is 0 Å². The summed E-state index contributed by atoms with van der Waals surface area (Å²) in [6, 6.07) is 0. The molecule has 0 aliphatic rings. The standard InChI is InChI=1S/C65H112O6/c1-4-7-10-13-16-19-22-25-27-28-29-30-31-32-33-34-35-36-38-40-43-46-49-52-55-58-64(67)70-61-62(60-69-63(66)57-54-51-48-45-42-39-24-21-18-15-12-9-6-3)71-65(68)59-56-53-50-47-44-41-37-26-23-20-17-14-11-8-5-2/h9,12,17-18,20-21,26,28-29,37,39,42,48,51,62H,4-8,10-11,13-16,19,22-25,27,30-36,38,40-41,43-47,49-50,52-61H2,1-3H3/b12-9-,20-17-,21-18-,29-28-,37-26-,42-39-,51-48-. The molecule has 6 nitrogen and oxygen atoms in total. The molecule has 0 spiro atoms. The molecule has 71 heavy (non-hydrogen) atoms. The largest absolute Gasteiger partial charge is 0.462 e. The average Bonchev–Trinajstić information content (AvgIpc) is 3.37. The Morgan fingerprint density at radius 1 is 0.296 bits per heavy atom. The Labute approximate surface area is 439 Å². The van der Waals surface area contributed by atoms with Crippen LogP contribution in [0, 0.1) is 0 Å². The molecule has 1 unspecified atom stereocenters. The monoisotopic (exact) mass is 989 g/mol. The fourth-order valence-corrected chi connectivity index (χ4v) is 8.36. The summed E-state index contributed by atoms with van der Waals surface area (Å²) >= 11 is 0. The summed E-state index contributed by atoms with van der Waals surface area (Å²) in [5.74, 6) is -0.997. The Balaban J connectivity index is 4.32. The highest BCUT2D eigenvalue weighted by atomic mass is 16.6. The topological polar surface area (TPSA) is 78.9 Å². The maximum absolute atomic E-state index is 12.8. The van der Waals surface area contributed by atoms with Crippen LogP contribution in [0.4, 0.5) is 0 Å². The van der Waals surface area contributed by atoms with Gasteiger partial charge in [-0.3, -0.25) is 14.4 Å². The predicted molar refractivity (Wildman–Crippen MR) is 307 cm³/mol. The molecule has 0 aliphatic heterocycles. The van der Waals surface area contributed by atoms with Crippen molar-refractivity contribution in [3.63, 3.8) is 0 Å². The van der Waals surface area contributed by atoms with E-state index in [1.807, 2.05) is 6.08 Å². The fourth-order valence-electron chi connectivity index (χ4n) is 8.36. The molecule has 0 heterocycles. The van der Waals surface area contributed by atoms with Crippen LogP contribution in [-0.2, 0) is 28.6 Å². The molecule has 0 amide bonds. The maximum atomic E-state index is 12.8. The van der Waals surface area contributed by atoms with Crippen LogP contribution in [0.1, 0.15) is 290 Å². The van der Waals surface area contributed by atoms with Gasteiger partial charge in [-0.1, -0.05) is 254 Å². The molecular formula is C65H112O6. The van der Waals surface area contributed by atoms with Gasteiger partial charge in [0.2, 0.25) is 0 Å². The summed E-state index contributed by atoms with van der Waals surface area (Å²) in [7, 11) is 0. The van der Waals surface area contributed by atoms with Gasteiger partial charge in [0, 0.05) is 19.3 Å². The van der Waals surface area contributed by atoms with Crippen LogP contribution in [0.2, 0.25) is 0 Å². The van der Waals surface area contributed by atoms with Gasteiger partial charge in [-0.25, -0.2) is 0 Å². The summed E-state index contributed by atoms with van der Waals surface area (Å²) in [5, 5.41) is 0. The van der Waals surface area contributed by atoms with E-state index in [1.165, 1.54) is 154 Å².